The fraction of sp³-hybridized carbons (Fsp3) is 0.857. The molecule has 0 radical (unpaired) electrons. The van der Waals surface area contributed by atoms with Gasteiger partial charge in [0.15, 0.2) is 0 Å². The van der Waals surface area contributed by atoms with Crippen molar-refractivity contribution in [1.29, 1.82) is 0 Å². The Bertz CT molecular complexity index is 141. The Morgan fingerprint density at radius 3 is 2.36 bits per heavy atom. The summed E-state index contributed by atoms with van der Waals surface area (Å²) in [6.45, 7) is 1.56. The molecule has 4 nitrogen and oxygen atoms in total. The topological polar surface area (TPSA) is 43.8 Å². The van der Waals surface area contributed by atoms with Gasteiger partial charge in [-0.3, -0.25) is 5.21 Å². The summed E-state index contributed by atoms with van der Waals surface area (Å²) in [7, 11) is 1.36. The molecule has 0 atom stereocenters. The molecular formula is C7H14N2O2. The largest absolute Gasteiger partial charge is 0.343 e. The maximum atomic E-state index is 11.1. The zero-order chi connectivity index (χ0) is 8.27. The van der Waals surface area contributed by atoms with Crippen LogP contribution in [0.5, 0.6) is 0 Å². The Balaban J connectivity index is 2.39. The summed E-state index contributed by atoms with van der Waals surface area (Å²) in [6, 6.07) is -0.287. The Hall–Kier alpha value is -0.770. The molecule has 1 aliphatic rings. The fourth-order valence-electron chi connectivity index (χ4n) is 1.29. The van der Waals surface area contributed by atoms with Crippen molar-refractivity contribution in [3.8, 4) is 0 Å². The van der Waals surface area contributed by atoms with Crippen LogP contribution in [0.2, 0.25) is 0 Å². The number of carbonyl (C=O) groups excluding carboxylic acids is 1. The number of nitrogens with zero attached hydrogens (tertiary/aromatic N) is 2. The van der Waals surface area contributed by atoms with Crippen LogP contribution in [0, 0.1) is 0 Å². The van der Waals surface area contributed by atoms with E-state index in [2.05, 4.69) is 0 Å². The van der Waals surface area contributed by atoms with E-state index in [9.17, 15) is 4.79 Å². The number of likely N-dealkylation sites (tertiary alicyclic amines) is 1. The molecule has 0 aliphatic carbocycles. The molecule has 1 rings (SSSR count). The first kappa shape index (κ1) is 8.33. The van der Waals surface area contributed by atoms with E-state index in [-0.39, 0.29) is 6.03 Å². The lowest BCUT2D eigenvalue weighted by Gasteiger charge is -2.28. The number of hydroxylamine groups is 2. The van der Waals surface area contributed by atoms with Crippen LogP contribution in [0.1, 0.15) is 19.3 Å². The summed E-state index contributed by atoms with van der Waals surface area (Å²) in [5.41, 5.74) is 0. The molecule has 1 saturated heterocycles. The van der Waals surface area contributed by atoms with E-state index in [1.165, 1.54) is 13.5 Å². The summed E-state index contributed by atoms with van der Waals surface area (Å²) in [5.74, 6) is 0. The van der Waals surface area contributed by atoms with Crippen LogP contribution in [0.3, 0.4) is 0 Å². The van der Waals surface area contributed by atoms with Crippen LogP contribution < -0.4 is 0 Å². The van der Waals surface area contributed by atoms with Gasteiger partial charge in [0.2, 0.25) is 0 Å². The minimum Gasteiger partial charge on any atom is -0.323 e. The number of hydrogen-bond acceptors (Lipinski definition) is 2. The van der Waals surface area contributed by atoms with Crippen molar-refractivity contribution in [3.05, 3.63) is 0 Å². The van der Waals surface area contributed by atoms with E-state index in [1.54, 1.807) is 4.90 Å². The van der Waals surface area contributed by atoms with Gasteiger partial charge in [0.25, 0.3) is 0 Å². The van der Waals surface area contributed by atoms with Gasteiger partial charge >= 0.3 is 6.03 Å². The lowest BCUT2D eigenvalue weighted by Crippen LogP contribution is -2.42. The molecule has 1 N–H and O–H groups in total. The van der Waals surface area contributed by atoms with E-state index in [0.29, 0.717) is 5.06 Å². The van der Waals surface area contributed by atoms with Crippen LogP contribution in [0.4, 0.5) is 4.79 Å². The number of urea groups is 1. The van der Waals surface area contributed by atoms with E-state index >= 15 is 0 Å². The van der Waals surface area contributed by atoms with Crippen LogP contribution in [0.15, 0.2) is 0 Å². The van der Waals surface area contributed by atoms with Crippen molar-refractivity contribution in [2.75, 3.05) is 20.1 Å². The van der Waals surface area contributed by atoms with Gasteiger partial charge in [0.05, 0.1) is 0 Å². The normalized spacial score (nSPS) is 18.2. The lowest BCUT2D eigenvalue weighted by molar-refractivity contribution is -0.0351. The molecular weight excluding hydrogens is 144 g/mol. The third-order valence-corrected chi connectivity index (χ3v) is 1.90. The van der Waals surface area contributed by atoms with E-state index in [1.807, 2.05) is 0 Å². The molecule has 0 aromatic rings. The molecule has 0 saturated carbocycles. The molecule has 11 heavy (non-hydrogen) atoms. The Morgan fingerprint density at radius 2 is 1.91 bits per heavy atom. The highest BCUT2D eigenvalue weighted by molar-refractivity contribution is 5.72. The minimum absolute atomic E-state index is 0.287. The Kier molecular flexibility index (Phi) is 2.70. The predicted octanol–water partition coefficient (Wildman–Crippen LogP) is 0.913. The minimum atomic E-state index is -0.287. The van der Waals surface area contributed by atoms with Gasteiger partial charge in [-0.1, -0.05) is 0 Å². The first-order valence-corrected chi connectivity index (χ1v) is 3.93. The van der Waals surface area contributed by atoms with E-state index in [0.717, 1.165) is 25.9 Å². The second-order valence-electron chi connectivity index (χ2n) is 2.85. The maximum absolute atomic E-state index is 11.1. The van der Waals surface area contributed by atoms with Crippen molar-refractivity contribution >= 4 is 6.03 Å². The van der Waals surface area contributed by atoms with E-state index in [4.69, 9.17) is 5.21 Å². The summed E-state index contributed by atoms with van der Waals surface area (Å²) in [6.07, 6.45) is 3.30. The number of amides is 2. The van der Waals surface area contributed by atoms with Crippen molar-refractivity contribution in [1.82, 2.24) is 9.96 Å². The molecule has 0 aromatic heterocycles. The van der Waals surface area contributed by atoms with Gasteiger partial charge in [-0.15, -0.1) is 0 Å². The van der Waals surface area contributed by atoms with Crippen molar-refractivity contribution in [3.63, 3.8) is 0 Å². The van der Waals surface area contributed by atoms with Crippen LogP contribution in [-0.4, -0.2) is 41.3 Å². The SMILES string of the molecule is CN(O)C(=O)N1CCCCC1. The number of hydrogen-bond donors (Lipinski definition) is 1. The molecule has 64 valence electrons. The highest BCUT2D eigenvalue weighted by atomic mass is 16.5. The number of rotatable bonds is 0. The second kappa shape index (κ2) is 3.57. The highest BCUT2D eigenvalue weighted by Crippen LogP contribution is 2.09. The number of piperidine rings is 1. The van der Waals surface area contributed by atoms with Gasteiger partial charge in [0.1, 0.15) is 0 Å². The van der Waals surface area contributed by atoms with E-state index < -0.39 is 0 Å². The first-order valence-electron chi connectivity index (χ1n) is 3.93. The van der Waals surface area contributed by atoms with Crippen molar-refractivity contribution in [2.45, 2.75) is 19.3 Å². The first-order chi connectivity index (χ1) is 5.22. The molecule has 1 fully saturated rings. The summed E-state index contributed by atoms with van der Waals surface area (Å²) >= 11 is 0. The fourth-order valence-corrected chi connectivity index (χ4v) is 1.29. The molecule has 0 unspecified atom stereocenters. The summed E-state index contributed by atoms with van der Waals surface area (Å²) in [5, 5.41) is 9.46. The second-order valence-corrected chi connectivity index (χ2v) is 2.85. The average Bonchev–Trinajstić information content (AvgIpc) is 2.05. The standard InChI is InChI=1S/C7H14N2O2/c1-8(11)7(10)9-5-3-2-4-6-9/h11H,2-6H2,1H3. The highest BCUT2D eigenvalue weighted by Gasteiger charge is 2.18. The molecule has 4 heteroatoms. The predicted molar refractivity (Wildman–Crippen MR) is 40.4 cm³/mol. The van der Waals surface area contributed by atoms with Gasteiger partial charge in [0, 0.05) is 20.1 Å². The van der Waals surface area contributed by atoms with Gasteiger partial charge < -0.3 is 4.90 Å². The molecule has 1 heterocycles. The monoisotopic (exact) mass is 158 g/mol. The lowest BCUT2D eigenvalue weighted by atomic mass is 10.1. The molecule has 0 bridgehead atoms. The maximum Gasteiger partial charge on any atom is 0.343 e. The zero-order valence-corrected chi connectivity index (χ0v) is 6.79. The Morgan fingerprint density at radius 1 is 1.36 bits per heavy atom. The Labute approximate surface area is 66.4 Å². The zero-order valence-electron chi connectivity index (χ0n) is 6.79. The van der Waals surface area contributed by atoms with Gasteiger partial charge in [-0.25, -0.2) is 9.86 Å². The quantitative estimate of drug-likeness (QED) is 0.420. The van der Waals surface area contributed by atoms with Gasteiger partial charge in [-0.2, -0.15) is 0 Å². The van der Waals surface area contributed by atoms with Crippen LogP contribution >= 0.6 is 0 Å². The molecule has 0 aromatic carbocycles. The molecule has 1 aliphatic heterocycles. The molecule has 2 amide bonds. The van der Waals surface area contributed by atoms with Gasteiger partial charge in [-0.05, 0) is 19.3 Å². The average molecular weight is 158 g/mol. The van der Waals surface area contributed by atoms with Crippen molar-refractivity contribution in [2.24, 2.45) is 0 Å². The number of carbonyl (C=O) groups is 1. The van der Waals surface area contributed by atoms with Crippen LogP contribution in [0.25, 0.3) is 0 Å². The third-order valence-electron chi connectivity index (χ3n) is 1.90. The van der Waals surface area contributed by atoms with Crippen LogP contribution in [-0.2, 0) is 0 Å². The third kappa shape index (κ3) is 2.08. The molecule has 0 spiro atoms. The summed E-state index contributed by atoms with van der Waals surface area (Å²) < 4.78 is 0. The van der Waals surface area contributed by atoms with Crippen molar-refractivity contribution < 1.29 is 10.0 Å². The summed E-state index contributed by atoms with van der Waals surface area (Å²) in [4.78, 5) is 12.8. The smallest absolute Gasteiger partial charge is 0.323 e.